The summed E-state index contributed by atoms with van der Waals surface area (Å²) in [4.78, 5) is 24.7. The first-order valence-electron chi connectivity index (χ1n) is 5.90. The zero-order valence-corrected chi connectivity index (χ0v) is 11.2. The highest BCUT2D eigenvalue weighted by Crippen LogP contribution is 2.42. The van der Waals surface area contributed by atoms with Crippen LogP contribution in [0.4, 0.5) is 4.39 Å². The largest absolute Gasteiger partial charge is 0.393 e. The molecule has 2 rings (SSSR count). The molecule has 112 valence electrons. The third kappa shape index (κ3) is 2.18. The predicted molar refractivity (Wildman–Crippen MR) is 67.5 cm³/mol. The summed E-state index contributed by atoms with van der Waals surface area (Å²) in [5.74, 6) is 0. The molecular weight excluding hydrogens is 295 g/mol. The van der Waals surface area contributed by atoms with Crippen molar-refractivity contribution in [1.29, 1.82) is 0 Å². The van der Waals surface area contributed by atoms with E-state index >= 15 is 0 Å². The minimum atomic E-state index is -1.91. The standard InChI is InChI=1S/C11H14ClFN2O5/c1-5(13)11(4-16)8(18)7(12)9(20-11)15-3-2-6(17)14-10(15)19/h2-3,5,7-9,16,18H,4H2,1H3,(H,14,17,19)/t5-,7+,8+,9-,11+/m1/s1. The summed E-state index contributed by atoms with van der Waals surface area (Å²) in [5, 5.41) is 18.2. The molecule has 0 spiro atoms. The molecule has 0 aliphatic carbocycles. The number of hydrogen-bond donors (Lipinski definition) is 3. The Morgan fingerprint density at radius 2 is 2.30 bits per heavy atom. The number of aliphatic hydroxyl groups is 2. The topological polar surface area (TPSA) is 105 Å². The molecule has 20 heavy (non-hydrogen) atoms. The maximum absolute atomic E-state index is 13.7. The van der Waals surface area contributed by atoms with Crippen molar-refractivity contribution in [3.05, 3.63) is 33.1 Å². The van der Waals surface area contributed by atoms with Gasteiger partial charge in [-0.1, -0.05) is 0 Å². The maximum atomic E-state index is 13.7. The van der Waals surface area contributed by atoms with Gasteiger partial charge in [0.15, 0.2) is 11.8 Å². The quantitative estimate of drug-likeness (QED) is 0.629. The molecule has 9 heteroatoms. The molecule has 1 aliphatic heterocycles. The second-order valence-corrected chi connectivity index (χ2v) is 5.15. The van der Waals surface area contributed by atoms with Gasteiger partial charge in [-0.05, 0) is 6.92 Å². The van der Waals surface area contributed by atoms with E-state index < -0.39 is 47.3 Å². The van der Waals surface area contributed by atoms with Gasteiger partial charge in [0.05, 0.1) is 6.61 Å². The van der Waals surface area contributed by atoms with Gasteiger partial charge in [0.2, 0.25) is 0 Å². The van der Waals surface area contributed by atoms with Crippen LogP contribution in [0.5, 0.6) is 0 Å². The molecule has 2 heterocycles. The number of alkyl halides is 2. The van der Waals surface area contributed by atoms with Gasteiger partial charge in [-0.15, -0.1) is 11.6 Å². The number of halogens is 2. The summed E-state index contributed by atoms with van der Waals surface area (Å²) >= 11 is 5.98. The second kappa shape index (κ2) is 5.28. The predicted octanol–water partition coefficient (Wildman–Crippen LogP) is -0.877. The van der Waals surface area contributed by atoms with E-state index in [-0.39, 0.29) is 0 Å². The van der Waals surface area contributed by atoms with E-state index in [2.05, 4.69) is 0 Å². The van der Waals surface area contributed by atoms with Crippen LogP contribution in [0.2, 0.25) is 0 Å². The molecule has 1 aromatic rings. The molecule has 1 fully saturated rings. The van der Waals surface area contributed by atoms with Gasteiger partial charge in [0.1, 0.15) is 17.7 Å². The molecule has 0 amide bonds. The lowest BCUT2D eigenvalue weighted by molar-refractivity contribution is -0.161. The first kappa shape index (κ1) is 15.2. The highest BCUT2D eigenvalue weighted by molar-refractivity contribution is 6.21. The maximum Gasteiger partial charge on any atom is 0.330 e. The molecule has 1 saturated heterocycles. The number of H-pyrrole nitrogens is 1. The fourth-order valence-electron chi connectivity index (χ4n) is 2.21. The number of nitrogens with one attached hydrogen (secondary N) is 1. The molecule has 0 bridgehead atoms. The average Bonchev–Trinajstić information content (AvgIpc) is 2.64. The molecular formula is C11H14ClFN2O5. The molecule has 5 atom stereocenters. The molecule has 0 radical (unpaired) electrons. The molecule has 0 saturated carbocycles. The minimum absolute atomic E-state index is 0.608. The van der Waals surface area contributed by atoms with E-state index in [4.69, 9.17) is 16.3 Å². The van der Waals surface area contributed by atoms with Gasteiger partial charge >= 0.3 is 5.69 Å². The SMILES string of the molecule is C[C@@H](F)[C@]1(CO)O[C@@H](n2ccc(=O)[nH]c2=O)[C@@H](Cl)[C@@H]1O. The van der Waals surface area contributed by atoms with Crippen LogP contribution in [0.15, 0.2) is 21.9 Å². The summed E-state index contributed by atoms with van der Waals surface area (Å²) < 4.78 is 19.9. The molecule has 7 nitrogen and oxygen atoms in total. The van der Waals surface area contributed by atoms with Crippen molar-refractivity contribution >= 4 is 11.6 Å². The van der Waals surface area contributed by atoms with Gasteiger partial charge in [0, 0.05) is 12.3 Å². The molecule has 1 aliphatic rings. The Kier molecular flexibility index (Phi) is 4.01. The van der Waals surface area contributed by atoms with Gasteiger partial charge in [0.25, 0.3) is 5.56 Å². The Bertz CT molecular complexity index is 603. The number of nitrogens with zero attached hydrogens (tertiary/aromatic N) is 1. The van der Waals surface area contributed by atoms with E-state index in [9.17, 15) is 24.2 Å². The van der Waals surface area contributed by atoms with Crippen molar-refractivity contribution in [2.75, 3.05) is 6.61 Å². The number of ether oxygens (including phenoxy) is 1. The summed E-state index contributed by atoms with van der Waals surface area (Å²) in [7, 11) is 0. The summed E-state index contributed by atoms with van der Waals surface area (Å²) in [6.45, 7) is 0.310. The van der Waals surface area contributed by atoms with Crippen LogP contribution < -0.4 is 11.2 Å². The smallest absolute Gasteiger partial charge is 0.330 e. The van der Waals surface area contributed by atoms with Gasteiger partial charge < -0.3 is 14.9 Å². The van der Waals surface area contributed by atoms with E-state index in [1.165, 1.54) is 0 Å². The summed E-state index contributed by atoms with van der Waals surface area (Å²) in [5.41, 5.74) is -3.32. The van der Waals surface area contributed by atoms with Gasteiger partial charge in [-0.3, -0.25) is 14.3 Å². The number of aromatic amines is 1. The molecule has 1 aromatic heterocycles. The third-order valence-corrected chi connectivity index (χ3v) is 3.91. The lowest BCUT2D eigenvalue weighted by Gasteiger charge is -2.31. The lowest BCUT2D eigenvalue weighted by Crippen LogP contribution is -2.51. The minimum Gasteiger partial charge on any atom is -0.393 e. The van der Waals surface area contributed by atoms with Gasteiger partial charge in [-0.2, -0.15) is 0 Å². The molecule has 0 unspecified atom stereocenters. The fraction of sp³-hybridized carbons (Fsp3) is 0.636. The van der Waals surface area contributed by atoms with Crippen LogP contribution in [-0.2, 0) is 4.74 Å². The summed E-state index contributed by atoms with van der Waals surface area (Å²) in [6.07, 6.45) is -3.31. The van der Waals surface area contributed by atoms with Crippen molar-refractivity contribution in [3.8, 4) is 0 Å². The Labute approximate surface area is 117 Å². The van der Waals surface area contributed by atoms with Crippen LogP contribution >= 0.6 is 11.6 Å². The highest BCUT2D eigenvalue weighted by atomic mass is 35.5. The Balaban J connectivity index is 2.45. The number of aliphatic hydroxyl groups excluding tert-OH is 2. The van der Waals surface area contributed by atoms with E-state index in [1.54, 1.807) is 0 Å². The van der Waals surface area contributed by atoms with E-state index in [1.807, 2.05) is 4.98 Å². The Morgan fingerprint density at radius 3 is 2.75 bits per heavy atom. The van der Waals surface area contributed by atoms with Crippen molar-refractivity contribution in [1.82, 2.24) is 9.55 Å². The van der Waals surface area contributed by atoms with E-state index in [0.717, 1.165) is 23.8 Å². The second-order valence-electron chi connectivity index (χ2n) is 4.64. The van der Waals surface area contributed by atoms with Crippen LogP contribution in [0.25, 0.3) is 0 Å². The molecule has 0 aromatic carbocycles. The Hall–Kier alpha value is -1.22. The van der Waals surface area contributed by atoms with Crippen molar-refractivity contribution in [2.24, 2.45) is 0 Å². The van der Waals surface area contributed by atoms with Crippen LogP contribution in [0, 0.1) is 0 Å². The third-order valence-electron chi connectivity index (χ3n) is 3.46. The zero-order chi connectivity index (χ0) is 15.1. The average molecular weight is 309 g/mol. The van der Waals surface area contributed by atoms with Crippen molar-refractivity contribution < 1.29 is 19.3 Å². The first-order valence-corrected chi connectivity index (χ1v) is 6.33. The number of hydrogen-bond acceptors (Lipinski definition) is 5. The lowest BCUT2D eigenvalue weighted by atomic mass is 9.93. The van der Waals surface area contributed by atoms with Crippen LogP contribution in [0.3, 0.4) is 0 Å². The zero-order valence-electron chi connectivity index (χ0n) is 10.5. The normalized spacial score (nSPS) is 35.1. The number of rotatable bonds is 3. The monoisotopic (exact) mass is 308 g/mol. The molecule has 3 N–H and O–H groups in total. The van der Waals surface area contributed by atoms with Crippen LogP contribution in [0.1, 0.15) is 13.2 Å². The summed E-state index contributed by atoms with van der Waals surface area (Å²) in [6, 6.07) is 1.07. The van der Waals surface area contributed by atoms with Crippen molar-refractivity contribution in [2.45, 2.75) is 36.4 Å². The number of aromatic nitrogens is 2. The fourth-order valence-corrected chi connectivity index (χ4v) is 2.59. The van der Waals surface area contributed by atoms with Crippen molar-refractivity contribution in [3.63, 3.8) is 0 Å². The van der Waals surface area contributed by atoms with Gasteiger partial charge in [-0.25, -0.2) is 9.18 Å². The Morgan fingerprint density at radius 1 is 1.65 bits per heavy atom. The highest BCUT2D eigenvalue weighted by Gasteiger charge is 2.58. The van der Waals surface area contributed by atoms with E-state index in [0.29, 0.717) is 0 Å². The van der Waals surface area contributed by atoms with Crippen LogP contribution in [-0.4, -0.2) is 49.6 Å². The first-order chi connectivity index (χ1) is 9.33.